The Balaban J connectivity index is 1.39. The molecule has 2 unspecified atom stereocenters. The molecule has 0 bridgehead atoms. The van der Waals surface area contributed by atoms with Gasteiger partial charge in [-0.15, -0.1) is 0 Å². The highest BCUT2D eigenvalue weighted by Gasteiger charge is 2.50. The lowest BCUT2D eigenvalue weighted by Crippen LogP contribution is -2.48. The summed E-state index contributed by atoms with van der Waals surface area (Å²) in [5, 5.41) is 3.07. The van der Waals surface area contributed by atoms with E-state index in [1.165, 1.54) is 0 Å². The zero-order valence-electron chi connectivity index (χ0n) is 15.8. The largest absolute Gasteiger partial charge is 0.450 e. The van der Waals surface area contributed by atoms with Gasteiger partial charge in [-0.25, -0.2) is 4.79 Å². The second-order valence-corrected chi connectivity index (χ2v) is 7.55. The van der Waals surface area contributed by atoms with Crippen LogP contribution in [0.1, 0.15) is 26.2 Å². The van der Waals surface area contributed by atoms with Crippen LogP contribution in [0.3, 0.4) is 0 Å². The first kappa shape index (κ1) is 18.9. The SMILES string of the molecule is CCOC(=O)N1CCC(NC(=O)C2CC2C(=O)N2CCN(C)CC2)CC1. The highest BCUT2D eigenvalue weighted by molar-refractivity contribution is 5.92. The number of carbonyl (C=O) groups is 3. The summed E-state index contributed by atoms with van der Waals surface area (Å²) in [5.74, 6) is -0.189. The average molecular weight is 366 g/mol. The van der Waals surface area contributed by atoms with E-state index in [4.69, 9.17) is 4.74 Å². The first-order valence-electron chi connectivity index (χ1n) is 9.69. The number of nitrogens with one attached hydrogen (secondary N) is 1. The molecule has 8 nitrogen and oxygen atoms in total. The first-order chi connectivity index (χ1) is 12.5. The molecular weight excluding hydrogens is 336 g/mol. The van der Waals surface area contributed by atoms with Crippen molar-refractivity contribution < 1.29 is 19.1 Å². The van der Waals surface area contributed by atoms with Crippen molar-refractivity contribution in [1.29, 1.82) is 0 Å². The molecule has 2 atom stereocenters. The van der Waals surface area contributed by atoms with Crippen LogP contribution in [0.15, 0.2) is 0 Å². The molecule has 3 fully saturated rings. The van der Waals surface area contributed by atoms with Crippen molar-refractivity contribution in [2.45, 2.75) is 32.2 Å². The molecule has 1 saturated carbocycles. The van der Waals surface area contributed by atoms with Gasteiger partial charge in [0.15, 0.2) is 0 Å². The highest BCUT2D eigenvalue weighted by atomic mass is 16.6. The van der Waals surface area contributed by atoms with Gasteiger partial charge in [0.25, 0.3) is 0 Å². The Bertz CT molecular complexity index is 539. The Labute approximate surface area is 154 Å². The zero-order chi connectivity index (χ0) is 18.7. The lowest BCUT2D eigenvalue weighted by molar-refractivity contribution is -0.136. The Hall–Kier alpha value is -1.83. The van der Waals surface area contributed by atoms with Gasteiger partial charge in [-0.2, -0.15) is 0 Å². The van der Waals surface area contributed by atoms with Gasteiger partial charge in [0, 0.05) is 45.3 Å². The summed E-state index contributed by atoms with van der Waals surface area (Å²) < 4.78 is 5.01. The van der Waals surface area contributed by atoms with Gasteiger partial charge in [-0.1, -0.05) is 0 Å². The third-order valence-electron chi connectivity index (χ3n) is 5.63. The van der Waals surface area contributed by atoms with Gasteiger partial charge < -0.3 is 24.8 Å². The van der Waals surface area contributed by atoms with E-state index >= 15 is 0 Å². The predicted molar refractivity (Wildman–Crippen MR) is 95.4 cm³/mol. The Morgan fingerprint density at radius 3 is 2.23 bits per heavy atom. The van der Waals surface area contributed by atoms with Crippen molar-refractivity contribution in [3.63, 3.8) is 0 Å². The highest BCUT2D eigenvalue weighted by Crippen LogP contribution is 2.40. The van der Waals surface area contributed by atoms with E-state index < -0.39 is 0 Å². The number of likely N-dealkylation sites (tertiary alicyclic amines) is 1. The van der Waals surface area contributed by atoms with Crippen LogP contribution in [-0.2, 0) is 14.3 Å². The van der Waals surface area contributed by atoms with Crippen molar-refractivity contribution in [2.75, 3.05) is 52.9 Å². The minimum atomic E-state index is -0.280. The number of likely N-dealkylation sites (N-methyl/N-ethyl adjacent to an activating group) is 1. The van der Waals surface area contributed by atoms with Crippen LogP contribution in [0.2, 0.25) is 0 Å². The van der Waals surface area contributed by atoms with Gasteiger partial charge in [-0.05, 0) is 33.2 Å². The Morgan fingerprint density at radius 1 is 0.962 bits per heavy atom. The first-order valence-corrected chi connectivity index (χ1v) is 9.69. The fourth-order valence-electron chi connectivity index (χ4n) is 3.75. The lowest BCUT2D eigenvalue weighted by atomic mass is 10.0. The molecule has 26 heavy (non-hydrogen) atoms. The number of amides is 3. The number of hydrogen-bond acceptors (Lipinski definition) is 5. The Kier molecular flexibility index (Phi) is 6.01. The van der Waals surface area contributed by atoms with Crippen molar-refractivity contribution in [2.24, 2.45) is 11.8 Å². The predicted octanol–water partition coefficient (Wildman–Crippen LogP) is 0.134. The summed E-state index contributed by atoms with van der Waals surface area (Å²) in [6.07, 6.45) is 1.85. The molecule has 0 spiro atoms. The van der Waals surface area contributed by atoms with E-state index in [1.807, 2.05) is 4.90 Å². The molecule has 3 amide bonds. The number of hydrogen-bond donors (Lipinski definition) is 1. The third-order valence-corrected chi connectivity index (χ3v) is 5.63. The van der Waals surface area contributed by atoms with Crippen LogP contribution in [0.4, 0.5) is 4.79 Å². The van der Waals surface area contributed by atoms with Crippen molar-refractivity contribution in [3.8, 4) is 0 Å². The number of rotatable bonds is 4. The second-order valence-electron chi connectivity index (χ2n) is 7.55. The zero-order valence-corrected chi connectivity index (χ0v) is 15.8. The summed E-state index contributed by atoms with van der Waals surface area (Å²) in [5.41, 5.74) is 0. The molecular formula is C18H30N4O4. The molecule has 1 aliphatic carbocycles. The maximum Gasteiger partial charge on any atom is 0.409 e. The minimum absolute atomic E-state index is 0.00735. The number of nitrogens with zero attached hydrogens (tertiary/aromatic N) is 3. The summed E-state index contributed by atoms with van der Waals surface area (Å²) in [6.45, 7) is 6.66. The Morgan fingerprint density at radius 2 is 1.62 bits per heavy atom. The van der Waals surface area contributed by atoms with Gasteiger partial charge in [0.05, 0.1) is 18.4 Å². The number of piperazine rings is 1. The quantitative estimate of drug-likeness (QED) is 0.765. The van der Waals surface area contributed by atoms with Crippen molar-refractivity contribution in [1.82, 2.24) is 20.0 Å². The normalized spacial score (nSPS) is 27.2. The maximum atomic E-state index is 12.5. The van der Waals surface area contributed by atoms with Crippen LogP contribution < -0.4 is 5.32 Å². The van der Waals surface area contributed by atoms with E-state index in [1.54, 1.807) is 11.8 Å². The van der Waals surface area contributed by atoms with Crippen LogP contribution >= 0.6 is 0 Å². The van der Waals surface area contributed by atoms with E-state index in [0.29, 0.717) is 26.1 Å². The summed E-state index contributed by atoms with van der Waals surface area (Å²) in [4.78, 5) is 42.5. The summed E-state index contributed by atoms with van der Waals surface area (Å²) >= 11 is 0. The summed E-state index contributed by atoms with van der Waals surface area (Å²) in [6, 6.07) is 0.0770. The standard InChI is InChI=1S/C18H30N4O4/c1-3-26-18(25)22-6-4-13(5-7-22)19-16(23)14-12-15(14)17(24)21-10-8-20(2)9-11-21/h13-15H,3-12H2,1-2H3,(H,19,23). The van der Waals surface area contributed by atoms with Gasteiger partial charge in [0.1, 0.15) is 0 Å². The third kappa shape index (κ3) is 4.47. The van der Waals surface area contributed by atoms with Crippen LogP contribution in [0.5, 0.6) is 0 Å². The summed E-state index contributed by atoms with van der Waals surface area (Å²) in [7, 11) is 2.06. The molecule has 8 heteroatoms. The molecule has 3 aliphatic rings. The molecule has 0 aromatic rings. The lowest BCUT2D eigenvalue weighted by Gasteiger charge is -2.33. The molecule has 0 aromatic carbocycles. The topological polar surface area (TPSA) is 82.2 Å². The molecule has 2 saturated heterocycles. The second kappa shape index (κ2) is 8.24. The van der Waals surface area contributed by atoms with Crippen molar-refractivity contribution in [3.05, 3.63) is 0 Å². The van der Waals surface area contributed by atoms with Crippen LogP contribution in [0.25, 0.3) is 0 Å². The van der Waals surface area contributed by atoms with Crippen LogP contribution in [-0.4, -0.2) is 91.6 Å². The molecule has 2 heterocycles. The number of ether oxygens (including phenoxy) is 1. The average Bonchev–Trinajstić information content (AvgIpc) is 3.43. The van der Waals surface area contributed by atoms with Gasteiger partial charge >= 0.3 is 6.09 Å². The van der Waals surface area contributed by atoms with E-state index in [0.717, 1.165) is 39.0 Å². The molecule has 146 valence electrons. The van der Waals surface area contributed by atoms with E-state index in [2.05, 4.69) is 17.3 Å². The van der Waals surface area contributed by atoms with Crippen molar-refractivity contribution >= 4 is 17.9 Å². The molecule has 0 radical (unpaired) electrons. The molecule has 1 N–H and O–H groups in total. The van der Waals surface area contributed by atoms with Gasteiger partial charge in [0.2, 0.25) is 11.8 Å². The molecule has 3 rings (SSSR count). The maximum absolute atomic E-state index is 12.5. The molecule has 2 aliphatic heterocycles. The fourth-order valence-corrected chi connectivity index (χ4v) is 3.75. The number of piperidine rings is 1. The van der Waals surface area contributed by atoms with E-state index in [-0.39, 0.29) is 35.8 Å². The van der Waals surface area contributed by atoms with Crippen LogP contribution in [0, 0.1) is 11.8 Å². The van der Waals surface area contributed by atoms with E-state index in [9.17, 15) is 14.4 Å². The minimum Gasteiger partial charge on any atom is -0.450 e. The number of carbonyl (C=O) groups excluding carboxylic acids is 3. The smallest absolute Gasteiger partial charge is 0.409 e. The monoisotopic (exact) mass is 366 g/mol. The molecule has 0 aromatic heterocycles. The van der Waals surface area contributed by atoms with Gasteiger partial charge in [-0.3, -0.25) is 9.59 Å². The fraction of sp³-hybridized carbons (Fsp3) is 0.833.